The Hall–Kier alpha value is -2.60. The van der Waals surface area contributed by atoms with Crippen LogP contribution in [0.25, 0.3) is 0 Å². The van der Waals surface area contributed by atoms with Crippen molar-refractivity contribution in [2.24, 2.45) is 5.92 Å². The maximum atomic E-state index is 5.75. The first-order chi connectivity index (χ1) is 14.0. The van der Waals surface area contributed by atoms with Crippen LogP contribution in [0.3, 0.4) is 0 Å². The largest absolute Gasteiger partial charge is 0.467 e. The number of aryl methyl sites for hydroxylation is 1. The Morgan fingerprint density at radius 2 is 2.03 bits per heavy atom. The van der Waals surface area contributed by atoms with Gasteiger partial charge in [0.1, 0.15) is 5.76 Å². The average molecular weight is 409 g/mol. The molecule has 1 fully saturated rings. The summed E-state index contributed by atoms with van der Waals surface area (Å²) in [6.07, 6.45) is 3.58. The first-order valence-electron chi connectivity index (χ1n) is 10.1. The summed E-state index contributed by atoms with van der Waals surface area (Å²) in [5.41, 5.74) is 4.76. The molecule has 6 heteroatoms. The third-order valence-electron chi connectivity index (χ3n) is 5.59. The minimum atomic E-state index is 0.0278. The van der Waals surface area contributed by atoms with Crippen molar-refractivity contribution < 1.29 is 4.42 Å². The van der Waals surface area contributed by atoms with Gasteiger partial charge in [-0.05, 0) is 67.9 Å². The lowest BCUT2D eigenvalue weighted by Crippen LogP contribution is -2.33. The molecule has 5 nitrogen and oxygen atoms in total. The number of furan rings is 1. The second kappa shape index (κ2) is 8.03. The number of rotatable bonds is 6. The van der Waals surface area contributed by atoms with E-state index in [1.165, 1.54) is 17.0 Å². The third kappa shape index (κ3) is 3.81. The van der Waals surface area contributed by atoms with Crippen molar-refractivity contribution in [1.29, 1.82) is 0 Å². The normalized spacial score (nSPS) is 19.2. The second-order valence-electron chi connectivity index (χ2n) is 8.16. The Balaban J connectivity index is 1.76. The van der Waals surface area contributed by atoms with Crippen molar-refractivity contribution in [1.82, 2.24) is 19.8 Å². The highest BCUT2D eigenvalue weighted by atomic mass is 32.1. The topological polar surface area (TPSA) is 46.2 Å². The lowest BCUT2D eigenvalue weighted by atomic mass is 9.96. The summed E-state index contributed by atoms with van der Waals surface area (Å²) in [6.45, 7) is 10.4. The highest BCUT2D eigenvalue weighted by Gasteiger charge is 2.41. The van der Waals surface area contributed by atoms with Crippen LogP contribution in [0.15, 0.2) is 53.3 Å². The molecule has 0 saturated carbocycles. The van der Waals surface area contributed by atoms with Gasteiger partial charge in [-0.15, -0.1) is 0 Å². The van der Waals surface area contributed by atoms with Crippen molar-refractivity contribution >= 4 is 17.3 Å². The smallest absolute Gasteiger partial charge is 0.170 e. The summed E-state index contributed by atoms with van der Waals surface area (Å²) in [5.74, 6) is 1.46. The summed E-state index contributed by atoms with van der Waals surface area (Å²) in [5, 5.41) is 4.34. The van der Waals surface area contributed by atoms with Crippen LogP contribution in [0, 0.1) is 19.8 Å². The lowest BCUT2D eigenvalue weighted by Gasteiger charge is -2.29. The molecule has 0 spiro atoms. The summed E-state index contributed by atoms with van der Waals surface area (Å²) >= 11 is 5.75. The monoisotopic (exact) mass is 408 g/mol. The van der Waals surface area contributed by atoms with E-state index in [1.54, 1.807) is 6.26 Å². The van der Waals surface area contributed by atoms with E-state index in [0.717, 1.165) is 29.7 Å². The molecular weight excluding hydrogens is 380 g/mol. The van der Waals surface area contributed by atoms with E-state index in [1.807, 2.05) is 30.5 Å². The fraction of sp³-hybridized carbons (Fsp3) is 0.391. The van der Waals surface area contributed by atoms with E-state index in [0.29, 0.717) is 5.92 Å². The highest BCUT2D eigenvalue weighted by molar-refractivity contribution is 7.80. The van der Waals surface area contributed by atoms with Crippen molar-refractivity contribution in [3.8, 4) is 0 Å². The number of hydrogen-bond acceptors (Lipinski definition) is 3. The van der Waals surface area contributed by atoms with Crippen molar-refractivity contribution in [3.63, 3.8) is 0 Å². The molecule has 29 heavy (non-hydrogen) atoms. The summed E-state index contributed by atoms with van der Waals surface area (Å²) in [7, 11) is 0. The molecule has 0 amide bonds. The van der Waals surface area contributed by atoms with Gasteiger partial charge < -0.3 is 19.2 Å². The van der Waals surface area contributed by atoms with Gasteiger partial charge in [0, 0.05) is 24.1 Å². The van der Waals surface area contributed by atoms with Crippen LogP contribution < -0.4 is 5.32 Å². The molecule has 4 rings (SSSR count). The van der Waals surface area contributed by atoms with Gasteiger partial charge in [-0.25, -0.2) is 0 Å². The molecule has 0 radical (unpaired) electrons. The summed E-state index contributed by atoms with van der Waals surface area (Å²) in [6, 6.07) is 12.5. The third-order valence-corrected chi connectivity index (χ3v) is 5.94. The second-order valence-corrected chi connectivity index (χ2v) is 8.55. The molecule has 1 saturated heterocycles. The van der Waals surface area contributed by atoms with Crippen molar-refractivity contribution in [2.75, 3.05) is 6.54 Å². The molecule has 1 aliphatic heterocycles. The molecular formula is C23H28N4OS. The number of thiocarbonyl (C=S) groups is 1. The van der Waals surface area contributed by atoms with E-state index in [4.69, 9.17) is 16.6 Å². The maximum absolute atomic E-state index is 5.75. The molecule has 0 aliphatic carbocycles. The summed E-state index contributed by atoms with van der Waals surface area (Å²) < 4.78 is 7.91. The van der Waals surface area contributed by atoms with E-state index in [2.05, 4.69) is 59.6 Å². The molecule has 0 unspecified atom stereocenters. The van der Waals surface area contributed by atoms with Crippen LogP contribution in [-0.2, 0) is 6.54 Å². The molecule has 1 aliphatic rings. The van der Waals surface area contributed by atoms with Crippen molar-refractivity contribution in [2.45, 2.75) is 46.3 Å². The van der Waals surface area contributed by atoms with Crippen LogP contribution in [0.4, 0.5) is 0 Å². The van der Waals surface area contributed by atoms with Gasteiger partial charge in [0.25, 0.3) is 0 Å². The van der Waals surface area contributed by atoms with Crippen molar-refractivity contribution in [3.05, 3.63) is 77.3 Å². The molecule has 152 valence electrons. The lowest BCUT2D eigenvalue weighted by molar-refractivity contribution is 0.286. The molecule has 3 aromatic rings. The van der Waals surface area contributed by atoms with Gasteiger partial charge in [-0.1, -0.05) is 19.9 Å². The average Bonchev–Trinajstić information content (AvgIpc) is 3.38. The Morgan fingerprint density at radius 3 is 2.69 bits per heavy atom. The number of pyridine rings is 1. The maximum Gasteiger partial charge on any atom is 0.170 e. The molecule has 2 atom stereocenters. The van der Waals surface area contributed by atoms with Crippen LogP contribution in [0.1, 0.15) is 54.3 Å². The Bertz CT molecular complexity index is 978. The van der Waals surface area contributed by atoms with E-state index in [9.17, 15) is 0 Å². The fourth-order valence-corrected chi connectivity index (χ4v) is 4.58. The molecule has 3 aromatic heterocycles. The molecule has 0 aromatic carbocycles. The Kier molecular flexibility index (Phi) is 5.46. The first-order valence-corrected chi connectivity index (χ1v) is 10.5. The fourth-order valence-electron chi connectivity index (χ4n) is 4.26. The SMILES string of the molecule is Cc1cc([C@H]2[C@H](c3ccccn3)NC(=S)N2CC(C)C)c(C)n1Cc1ccco1. The molecule has 1 N–H and O–H groups in total. The predicted molar refractivity (Wildman–Crippen MR) is 119 cm³/mol. The molecule has 0 bridgehead atoms. The quantitative estimate of drug-likeness (QED) is 0.595. The van der Waals surface area contributed by atoms with E-state index in [-0.39, 0.29) is 12.1 Å². The highest BCUT2D eigenvalue weighted by Crippen LogP contribution is 2.41. The van der Waals surface area contributed by atoms with Crippen LogP contribution in [0.5, 0.6) is 0 Å². The van der Waals surface area contributed by atoms with Crippen LogP contribution in [-0.4, -0.2) is 26.1 Å². The Morgan fingerprint density at radius 1 is 1.21 bits per heavy atom. The van der Waals surface area contributed by atoms with Gasteiger partial charge in [0.15, 0.2) is 5.11 Å². The number of nitrogens with one attached hydrogen (secondary N) is 1. The minimum absolute atomic E-state index is 0.0278. The van der Waals surface area contributed by atoms with Crippen LogP contribution >= 0.6 is 12.2 Å². The van der Waals surface area contributed by atoms with Gasteiger partial charge in [-0.2, -0.15) is 0 Å². The zero-order valence-corrected chi connectivity index (χ0v) is 18.2. The summed E-state index contributed by atoms with van der Waals surface area (Å²) in [4.78, 5) is 6.97. The standard InChI is InChI=1S/C23H28N4OS/c1-15(2)13-27-22(21(25-23(27)29)20-9-5-6-10-24-20)19-12-16(3)26(17(19)4)14-18-8-7-11-28-18/h5-12,15,21-22H,13-14H2,1-4H3,(H,25,29)/t21-,22-/m0/s1. The zero-order chi connectivity index (χ0) is 20.5. The zero-order valence-electron chi connectivity index (χ0n) is 17.4. The first kappa shape index (κ1) is 19.7. The number of nitrogens with zero attached hydrogens (tertiary/aromatic N) is 3. The van der Waals surface area contributed by atoms with Gasteiger partial charge in [-0.3, -0.25) is 4.98 Å². The van der Waals surface area contributed by atoms with Crippen LogP contribution in [0.2, 0.25) is 0 Å². The van der Waals surface area contributed by atoms with Gasteiger partial charge >= 0.3 is 0 Å². The van der Waals surface area contributed by atoms with E-state index < -0.39 is 0 Å². The minimum Gasteiger partial charge on any atom is -0.467 e. The Labute approximate surface area is 177 Å². The number of aromatic nitrogens is 2. The van der Waals surface area contributed by atoms with Gasteiger partial charge in [0.2, 0.25) is 0 Å². The number of hydrogen-bond donors (Lipinski definition) is 1. The molecule has 4 heterocycles. The van der Waals surface area contributed by atoms with Gasteiger partial charge in [0.05, 0.1) is 30.6 Å². The van der Waals surface area contributed by atoms with E-state index >= 15 is 0 Å². The predicted octanol–water partition coefficient (Wildman–Crippen LogP) is 4.77.